The van der Waals surface area contributed by atoms with E-state index < -0.39 is 10.0 Å². The van der Waals surface area contributed by atoms with Crippen LogP contribution in [-0.2, 0) is 10.0 Å². The van der Waals surface area contributed by atoms with Gasteiger partial charge in [-0.1, -0.05) is 60.7 Å². The SMILES string of the molecule is COc1ccc(-c2nc(-c3ccccc3)c(-c3ccccc3)n2-c2ccc(S(=O)(=O)Nc3ncccn3)cc2)cc1. The summed E-state index contributed by atoms with van der Waals surface area (Å²) in [7, 11) is -2.27. The van der Waals surface area contributed by atoms with Gasteiger partial charge in [0.2, 0.25) is 5.95 Å². The Labute approximate surface area is 238 Å². The molecule has 0 atom stereocenters. The number of aromatic nitrogens is 4. The molecular weight excluding hydrogens is 534 g/mol. The van der Waals surface area contributed by atoms with Gasteiger partial charge in [0.05, 0.1) is 23.4 Å². The Bertz CT molecular complexity index is 1880. The van der Waals surface area contributed by atoms with E-state index in [1.807, 2.05) is 84.9 Å². The van der Waals surface area contributed by atoms with Crippen LogP contribution in [0.15, 0.2) is 133 Å². The smallest absolute Gasteiger partial charge is 0.264 e. The van der Waals surface area contributed by atoms with Gasteiger partial charge < -0.3 is 4.74 Å². The highest BCUT2D eigenvalue weighted by Gasteiger charge is 2.23. The number of imidazole rings is 1. The fourth-order valence-electron chi connectivity index (χ4n) is 4.57. The van der Waals surface area contributed by atoms with E-state index in [-0.39, 0.29) is 10.8 Å². The second-order valence-corrected chi connectivity index (χ2v) is 10.8. The average molecular weight is 560 g/mol. The van der Waals surface area contributed by atoms with Crippen LogP contribution in [0.25, 0.3) is 39.6 Å². The van der Waals surface area contributed by atoms with Gasteiger partial charge >= 0.3 is 0 Å². The van der Waals surface area contributed by atoms with Crippen molar-refractivity contribution in [1.82, 2.24) is 19.5 Å². The van der Waals surface area contributed by atoms with E-state index in [2.05, 4.69) is 19.3 Å². The number of hydrogen-bond acceptors (Lipinski definition) is 6. The van der Waals surface area contributed by atoms with Crippen LogP contribution in [0.2, 0.25) is 0 Å². The van der Waals surface area contributed by atoms with Crippen molar-refractivity contribution in [2.45, 2.75) is 4.90 Å². The van der Waals surface area contributed by atoms with Crippen molar-refractivity contribution in [2.75, 3.05) is 11.8 Å². The summed E-state index contributed by atoms with van der Waals surface area (Å²) in [6.07, 6.45) is 2.95. The summed E-state index contributed by atoms with van der Waals surface area (Å²) in [5.41, 5.74) is 5.25. The normalized spacial score (nSPS) is 11.2. The number of nitrogens with one attached hydrogen (secondary N) is 1. The van der Waals surface area contributed by atoms with E-state index >= 15 is 0 Å². The molecule has 0 spiro atoms. The van der Waals surface area contributed by atoms with Gasteiger partial charge in [0.25, 0.3) is 10.0 Å². The van der Waals surface area contributed by atoms with E-state index in [9.17, 15) is 8.42 Å². The topological polar surface area (TPSA) is 99.0 Å². The predicted molar refractivity (Wildman–Crippen MR) is 159 cm³/mol. The van der Waals surface area contributed by atoms with Gasteiger partial charge in [0.15, 0.2) is 0 Å². The van der Waals surface area contributed by atoms with Crippen LogP contribution in [0.5, 0.6) is 5.75 Å². The molecule has 9 heteroatoms. The number of sulfonamides is 1. The number of nitrogens with zero attached hydrogens (tertiary/aromatic N) is 4. The zero-order valence-electron chi connectivity index (χ0n) is 22.0. The molecule has 0 saturated carbocycles. The molecule has 0 aliphatic heterocycles. The summed E-state index contributed by atoms with van der Waals surface area (Å²) in [6.45, 7) is 0. The molecule has 2 heterocycles. The molecule has 41 heavy (non-hydrogen) atoms. The summed E-state index contributed by atoms with van der Waals surface area (Å²) in [5, 5.41) is 0. The summed E-state index contributed by atoms with van der Waals surface area (Å²) in [5.74, 6) is 1.45. The summed E-state index contributed by atoms with van der Waals surface area (Å²) < 4.78 is 36.0. The van der Waals surface area contributed by atoms with Gasteiger partial charge in [-0.05, 0) is 54.6 Å². The summed E-state index contributed by atoms with van der Waals surface area (Å²) >= 11 is 0. The number of anilines is 1. The molecule has 1 N–H and O–H groups in total. The predicted octanol–water partition coefficient (Wildman–Crippen LogP) is 6.47. The van der Waals surface area contributed by atoms with Crippen LogP contribution in [0.1, 0.15) is 0 Å². The number of ether oxygens (including phenoxy) is 1. The Hall–Kier alpha value is -5.28. The lowest BCUT2D eigenvalue weighted by Gasteiger charge is -2.15. The summed E-state index contributed by atoms with van der Waals surface area (Å²) in [6, 6.07) is 36.0. The lowest BCUT2D eigenvalue weighted by atomic mass is 10.0. The lowest BCUT2D eigenvalue weighted by Crippen LogP contribution is -2.15. The maximum atomic E-state index is 13.1. The molecule has 202 valence electrons. The van der Waals surface area contributed by atoms with Crippen molar-refractivity contribution in [3.63, 3.8) is 0 Å². The maximum Gasteiger partial charge on any atom is 0.264 e. The molecule has 6 aromatic rings. The van der Waals surface area contributed by atoms with Gasteiger partial charge in [0.1, 0.15) is 11.6 Å². The van der Waals surface area contributed by atoms with E-state index in [4.69, 9.17) is 9.72 Å². The quantitative estimate of drug-likeness (QED) is 0.229. The molecule has 0 aliphatic rings. The van der Waals surface area contributed by atoms with Crippen molar-refractivity contribution in [1.29, 1.82) is 0 Å². The number of rotatable bonds is 8. The molecule has 0 unspecified atom stereocenters. The number of hydrogen-bond donors (Lipinski definition) is 1. The van der Waals surface area contributed by atoms with Gasteiger partial charge in [-0.3, -0.25) is 4.57 Å². The second-order valence-electron chi connectivity index (χ2n) is 9.10. The number of methoxy groups -OCH3 is 1. The van der Waals surface area contributed by atoms with E-state index in [0.29, 0.717) is 5.82 Å². The van der Waals surface area contributed by atoms with Crippen molar-refractivity contribution < 1.29 is 13.2 Å². The van der Waals surface area contributed by atoms with Crippen LogP contribution in [0.3, 0.4) is 0 Å². The van der Waals surface area contributed by atoms with Crippen molar-refractivity contribution in [3.8, 4) is 45.3 Å². The molecule has 0 radical (unpaired) electrons. The molecule has 4 aromatic carbocycles. The van der Waals surface area contributed by atoms with Crippen LogP contribution >= 0.6 is 0 Å². The number of benzene rings is 4. The van der Waals surface area contributed by atoms with Gasteiger partial charge in [0, 0.05) is 34.8 Å². The molecule has 8 nitrogen and oxygen atoms in total. The van der Waals surface area contributed by atoms with E-state index in [1.54, 1.807) is 37.4 Å². The monoisotopic (exact) mass is 559 g/mol. The zero-order chi connectivity index (χ0) is 28.2. The van der Waals surface area contributed by atoms with Crippen molar-refractivity contribution in [2.24, 2.45) is 0 Å². The molecular formula is C32H25N5O3S. The average Bonchev–Trinajstić information content (AvgIpc) is 3.43. The highest BCUT2D eigenvalue weighted by atomic mass is 32.2. The van der Waals surface area contributed by atoms with E-state index in [0.717, 1.165) is 39.5 Å². The third-order valence-corrected chi connectivity index (χ3v) is 7.86. The Morgan fingerprint density at radius 2 is 1.29 bits per heavy atom. The Balaban J connectivity index is 1.54. The first-order chi connectivity index (χ1) is 20.0. The Kier molecular flexibility index (Phi) is 7.01. The minimum Gasteiger partial charge on any atom is -0.497 e. The van der Waals surface area contributed by atoms with Crippen molar-refractivity contribution in [3.05, 3.63) is 128 Å². The van der Waals surface area contributed by atoms with Crippen molar-refractivity contribution >= 4 is 16.0 Å². The second kappa shape index (κ2) is 11.1. The molecule has 6 rings (SSSR count). The molecule has 2 aromatic heterocycles. The minimum atomic E-state index is -3.90. The fraction of sp³-hybridized carbons (Fsp3) is 0.0312. The van der Waals surface area contributed by atoms with Gasteiger partial charge in [-0.15, -0.1) is 0 Å². The molecule has 0 aliphatic carbocycles. The standard InChI is InChI=1S/C32H25N5O3S/c1-40-27-17-13-25(14-18-27)31-35-29(23-9-4-2-5-10-23)30(24-11-6-3-7-12-24)37(31)26-15-19-28(20-16-26)41(38,39)36-32-33-21-8-22-34-32/h2-22H,1H3,(H,33,34,36). The Morgan fingerprint density at radius 3 is 1.90 bits per heavy atom. The zero-order valence-corrected chi connectivity index (χ0v) is 22.9. The van der Waals surface area contributed by atoms with E-state index in [1.165, 1.54) is 12.4 Å². The Morgan fingerprint density at radius 1 is 0.683 bits per heavy atom. The highest BCUT2D eigenvalue weighted by Crippen LogP contribution is 2.39. The molecule has 0 amide bonds. The van der Waals surface area contributed by atoms with Crippen LogP contribution in [-0.4, -0.2) is 35.0 Å². The first-order valence-corrected chi connectivity index (χ1v) is 14.3. The van der Waals surface area contributed by atoms with Gasteiger partial charge in [-0.25, -0.2) is 28.1 Å². The minimum absolute atomic E-state index is 0.00634. The fourth-order valence-corrected chi connectivity index (χ4v) is 5.53. The third kappa shape index (κ3) is 5.30. The first kappa shape index (κ1) is 26.0. The first-order valence-electron chi connectivity index (χ1n) is 12.8. The summed E-state index contributed by atoms with van der Waals surface area (Å²) in [4.78, 5) is 13.2. The van der Waals surface area contributed by atoms with Crippen LogP contribution in [0, 0.1) is 0 Å². The van der Waals surface area contributed by atoms with Gasteiger partial charge in [-0.2, -0.15) is 0 Å². The molecule has 0 fully saturated rings. The lowest BCUT2D eigenvalue weighted by molar-refractivity contribution is 0.415. The van der Waals surface area contributed by atoms with Crippen LogP contribution in [0.4, 0.5) is 5.95 Å². The third-order valence-electron chi connectivity index (χ3n) is 6.52. The largest absolute Gasteiger partial charge is 0.497 e. The highest BCUT2D eigenvalue weighted by molar-refractivity contribution is 7.92. The molecule has 0 bridgehead atoms. The maximum absolute atomic E-state index is 13.1. The van der Waals surface area contributed by atoms with Crippen LogP contribution < -0.4 is 9.46 Å². The molecule has 0 saturated heterocycles.